The van der Waals surface area contributed by atoms with Crippen LogP contribution in [0.1, 0.15) is 80.2 Å². The van der Waals surface area contributed by atoms with Crippen molar-refractivity contribution in [2.45, 2.75) is 135 Å². The van der Waals surface area contributed by atoms with E-state index in [-0.39, 0.29) is 37.4 Å². The first-order valence-electron chi connectivity index (χ1n) is 19.8. The molecule has 2 N–H and O–H groups in total. The molecule has 1 aromatic heterocycles. The Kier molecular flexibility index (Phi) is 14.3. The summed E-state index contributed by atoms with van der Waals surface area (Å²) >= 11 is 1.29. The molecule has 0 aliphatic carbocycles. The fourth-order valence-corrected chi connectivity index (χ4v) is 9.09. The van der Waals surface area contributed by atoms with E-state index in [1.165, 1.54) is 18.5 Å². The molecule has 57 heavy (non-hydrogen) atoms. The van der Waals surface area contributed by atoms with Crippen molar-refractivity contribution in [2.24, 2.45) is 23.7 Å². The van der Waals surface area contributed by atoms with Gasteiger partial charge in [-0.1, -0.05) is 68.3 Å². The fourth-order valence-electron chi connectivity index (χ4n) is 8.63. The largest absolute Gasteiger partial charge is 0.458 e. The summed E-state index contributed by atoms with van der Waals surface area (Å²) in [7, 11) is 3.73. The number of carbonyl (C=O) groups excluding carboxylic acids is 4. The summed E-state index contributed by atoms with van der Waals surface area (Å²) in [5, 5.41) is 20.4. The van der Waals surface area contributed by atoms with Crippen molar-refractivity contribution in [1.29, 1.82) is 0 Å². The van der Waals surface area contributed by atoms with Crippen LogP contribution >= 0.6 is 11.5 Å². The van der Waals surface area contributed by atoms with Crippen LogP contribution in [0, 0.1) is 35.5 Å². The molecule has 15 heteroatoms. The van der Waals surface area contributed by atoms with Crippen molar-refractivity contribution < 1.29 is 48.0 Å². The normalized spacial score (nSPS) is 36.7. The van der Waals surface area contributed by atoms with Crippen LogP contribution in [0.2, 0.25) is 0 Å². The third-order valence-corrected chi connectivity index (χ3v) is 12.5. The minimum absolute atomic E-state index is 0.0663. The Morgan fingerprint density at radius 1 is 1.02 bits per heavy atom. The number of nitrogens with zero attached hydrogens (tertiary/aromatic N) is 3. The molecule has 3 saturated heterocycles. The number of cyclic esters (lactones) is 1. The van der Waals surface area contributed by atoms with Gasteiger partial charge in [-0.2, -0.15) is 0 Å². The molecule has 13 atom stereocenters. The van der Waals surface area contributed by atoms with Crippen molar-refractivity contribution in [3.05, 3.63) is 35.2 Å². The van der Waals surface area contributed by atoms with Gasteiger partial charge in [0.1, 0.15) is 36.2 Å². The van der Waals surface area contributed by atoms with E-state index in [0.29, 0.717) is 12.8 Å². The van der Waals surface area contributed by atoms with Crippen LogP contribution in [0.15, 0.2) is 29.6 Å². The number of ether oxygens (including phenoxy) is 5. The maximum atomic E-state index is 14.4. The molecule has 14 nitrogen and oxygen atoms in total. The zero-order valence-corrected chi connectivity index (χ0v) is 35.5. The third kappa shape index (κ3) is 9.75. The van der Waals surface area contributed by atoms with E-state index in [9.17, 15) is 24.3 Å². The first-order chi connectivity index (χ1) is 26.9. The lowest BCUT2D eigenvalue weighted by atomic mass is 9.73. The summed E-state index contributed by atoms with van der Waals surface area (Å²) < 4.78 is 35.2. The summed E-state index contributed by atoms with van der Waals surface area (Å²) in [5.41, 5.74) is -0.0307. The summed E-state index contributed by atoms with van der Waals surface area (Å²) in [5.74, 6) is 1.05. The lowest BCUT2D eigenvalue weighted by Crippen LogP contribution is -2.60. The van der Waals surface area contributed by atoms with Gasteiger partial charge in [0.25, 0.3) is 0 Å². The number of hydrogen-bond donors (Lipinski definition) is 2. The monoisotopic (exact) mass is 810 g/mol. The molecule has 0 bridgehead atoms. The molecular formula is C42H58N4O10S. The number of amides is 1. The van der Waals surface area contributed by atoms with Gasteiger partial charge in [0.2, 0.25) is 0 Å². The van der Waals surface area contributed by atoms with E-state index in [4.69, 9.17) is 23.7 Å². The number of hydrogen-bond acceptors (Lipinski definition) is 14. The van der Waals surface area contributed by atoms with Gasteiger partial charge in [-0.05, 0) is 78.1 Å². The number of carbonyl (C=O) groups is 4. The number of esters is 1. The van der Waals surface area contributed by atoms with Gasteiger partial charge in [-0.25, -0.2) is 4.79 Å². The number of likely N-dealkylation sites (N-methyl/N-ethyl adjacent to an activating group) is 1. The van der Waals surface area contributed by atoms with Crippen LogP contribution in [0.4, 0.5) is 4.79 Å². The molecule has 1 amide bonds. The number of alkyl carbamates (subject to hydrolysis) is 1. The highest BCUT2D eigenvalue weighted by Gasteiger charge is 2.57. The van der Waals surface area contributed by atoms with Gasteiger partial charge in [-0.3, -0.25) is 14.4 Å². The minimum atomic E-state index is -1.39. The molecule has 0 radical (unpaired) electrons. The van der Waals surface area contributed by atoms with E-state index in [2.05, 4.69) is 26.7 Å². The average molecular weight is 811 g/mol. The Hall–Kier alpha value is -3.78. The second kappa shape index (κ2) is 18.4. The number of nitrogens with one attached hydrogen (secondary N) is 1. The van der Waals surface area contributed by atoms with E-state index < -0.39 is 83.4 Å². The lowest BCUT2D eigenvalue weighted by Gasteiger charge is -2.47. The van der Waals surface area contributed by atoms with Gasteiger partial charge < -0.3 is 39.0 Å². The molecule has 1 aromatic carbocycles. The Morgan fingerprint density at radius 2 is 1.72 bits per heavy atom. The molecule has 0 unspecified atom stereocenters. The van der Waals surface area contributed by atoms with E-state index in [1.807, 2.05) is 55.6 Å². The molecule has 0 spiro atoms. The molecule has 3 aliphatic rings. The maximum Gasteiger partial charge on any atom is 0.408 e. The summed E-state index contributed by atoms with van der Waals surface area (Å²) in [6, 6.07) is 6.74. The number of aliphatic hydroxyl groups is 1. The van der Waals surface area contributed by atoms with Gasteiger partial charge in [0.15, 0.2) is 17.7 Å². The van der Waals surface area contributed by atoms with Crippen LogP contribution in [-0.2, 0) is 44.5 Å². The maximum absolute atomic E-state index is 14.4. The quantitative estimate of drug-likeness (QED) is 0.215. The fraction of sp³-hybridized carbons (Fsp3) is 0.667. The standard InChI is InChI=1S/C42H58N4O10S/c1-11-32-42(8)36(43-40(51)56-42)25(4)33(47)23(2)21-41(7,52-19-13-12-14-28-15-17-29(18-16-28)30-22-57-45-44-30)37(26(5)34(48)27(6)38(50)54-32)55-39-35(49)31(46(9)10)20-24(3)53-39/h15-18,22-27,31-32,35-37,39,49H,11,14,19-21H2,1-10H3,(H,43,51)/t23-,24-,25+,26+,27-,31+,32-,35-,36-,37-,39+,41+,42-/m1/s1. The highest BCUT2D eigenvalue weighted by atomic mass is 32.1. The third-order valence-electron chi connectivity index (χ3n) is 12.0. The Balaban J connectivity index is 1.50. The van der Waals surface area contributed by atoms with E-state index >= 15 is 0 Å². The first-order valence-corrected chi connectivity index (χ1v) is 20.6. The number of aromatic nitrogens is 2. The SMILES string of the molecule is CC[C@H]1OC(=O)[C@H](C)C(=O)[C@H](C)[C@@H](O[C@@H]2O[C@H](C)C[C@H](N(C)C)[C@H]2O)[C@@](C)(OCC#CCc2ccc(-c3csnn3)cc2)C[C@@H](C)C(=O)[C@H](C)[C@H]2NC(=O)O[C@@]21C. The van der Waals surface area contributed by atoms with Gasteiger partial charge in [-0.15, -0.1) is 5.10 Å². The molecule has 2 aromatic rings. The van der Waals surface area contributed by atoms with Gasteiger partial charge >= 0.3 is 12.1 Å². The van der Waals surface area contributed by atoms with Crippen LogP contribution in [0.25, 0.3) is 11.3 Å². The van der Waals surface area contributed by atoms with Crippen LogP contribution in [-0.4, -0.2) is 118 Å². The van der Waals surface area contributed by atoms with Crippen LogP contribution in [0.3, 0.4) is 0 Å². The Morgan fingerprint density at radius 3 is 2.35 bits per heavy atom. The molecule has 3 fully saturated rings. The minimum Gasteiger partial charge on any atom is -0.458 e. The van der Waals surface area contributed by atoms with E-state index in [1.54, 1.807) is 41.5 Å². The van der Waals surface area contributed by atoms with Gasteiger partial charge in [0.05, 0.1) is 23.9 Å². The molecule has 3 aliphatic heterocycles. The average Bonchev–Trinajstić information content (AvgIpc) is 3.83. The zero-order chi connectivity index (χ0) is 41.8. The van der Waals surface area contributed by atoms with Crippen LogP contribution in [0.5, 0.6) is 0 Å². The highest BCUT2D eigenvalue weighted by Crippen LogP contribution is 2.40. The Bertz CT molecular complexity index is 1800. The van der Waals surface area contributed by atoms with Crippen molar-refractivity contribution >= 4 is 35.2 Å². The number of fused-ring (bicyclic) bond motifs is 1. The molecule has 4 heterocycles. The lowest BCUT2D eigenvalue weighted by molar-refractivity contribution is -0.296. The summed E-state index contributed by atoms with van der Waals surface area (Å²) in [6.45, 7) is 13.6. The number of aliphatic hydroxyl groups excluding tert-OH is 1. The molecule has 0 saturated carbocycles. The predicted molar refractivity (Wildman–Crippen MR) is 212 cm³/mol. The van der Waals surface area contributed by atoms with Gasteiger partial charge in [0, 0.05) is 41.2 Å². The second-order valence-electron chi connectivity index (χ2n) is 16.5. The Labute approximate surface area is 339 Å². The molecule has 312 valence electrons. The zero-order valence-electron chi connectivity index (χ0n) is 34.6. The summed E-state index contributed by atoms with van der Waals surface area (Å²) in [6.07, 6.45) is -4.04. The van der Waals surface area contributed by atoms with Crippen molar-refractivity contribution in [3.8, 4) is 23.1 Å². The number of Topliss-reactive ketones (excluding diaryl/α,β-unsaturated/α-hetero) is 2. The number of benzene rings is 1. The highest BCUT2D eigenvalue weighted by molar-refractivity contribution is 7.03. The predicted octanol–water partition coefficient (Wildman–Crippen LogP) is 4.61. The topological polar surface area (TPSA) is 176 Å². The second-order valence-corrected chi connectivity index (χ2v) is 17.1. The van der Waals surface area contributed by atoms with Crippen LogP contribution < -0.4 is 5.32 Å². The number of ketones is 2. The summed E-state index contributed by atoms with van der Waals surface area (Å²) in [4.78, 5) is 57.3. The van der Waals surface area contributed by atoms with Crippen molar-refractivity contribution in [3.63, 3.8) is 0 Å². The van der Waals surface area contributed by atoms with E-state index in [0.717, 1.165) is 16.8 Å². The smallest absolute Gasteiger partial charge is 0.408 e. The molecule has 5 rings (SSSR count). The first kappa shape index (κ1) is 44.3. The van der Waals surface area contributed by atoms with Crippen molar-refractivity contribution in [2.75, 3.05) is 20.7 Å². The molecular weight excluding hydrogens is 753 g/mol. The number of rotatable bonds is 8. The van der Waals surface area contributed by atoms with Crippen molar-refractivity contribution in [1.82, 2.24) is 19.8 Å².